The molecule has 7 heteroatoms. The molecule has 3 rings (SSSR count). The molecule has 1 fully saturated rings. The van der Waals surface area contributed by atoms with Gasteiger partial charge in [0.25, 0.3) is 0 Å². The standard InChI is InChI=1S/C18H26N4O3/c1-13(2)11-22-17(8-9-19-22)20-18(23)21-10-4-5-15(21)16-7-6-14(25-16)12-24-3/h6-9,13,15H,4-5,10-12H2,1-3H3,(H,20,23). The van der Waals surface area contributed by atoms with Crippen LogP contribution in [0.2, 0.25) is 0 Å². The van der Waals surface area contributed by atoms with Gasteiger partial charge >= 0.3 is 6.03 Å². The predicted molar refractivity (Wildman–Crippen MR) is 94.2 cm³/mol. The van der Waals surface area contributed by atoms with E-state index >= 15 is 0 Å². The third kappa shape index (κ3) is 4.04. The van der Waals surface area contributed by atoms with Crippen LogP contribution in [0.4, 0.5) is 10.6 Å². The molecule has 0 radical (unpaired) electrons. The van der Waals surface area contributed by atoms with Gasteiger partial charge in [-0.25, -0.2) is 9.48 Å². The lowest BCUT2D eigenvalue weighted by molar-refractivity contribution is 0.157. The Morgan fingerprint density at radius 3 is 3.04 bits per heavy atom. The quantitative estimate of drug-likeness (QED) is 0.866. The van der Waals surface area contributed by atoms with E-state index < -0.39 is 0 Å². The molecule has 0 bridgehead atoms. The molecule has 0 spiro atoms. The van der Waals surface area contributed by atoms with Crippen molar-refractivity contribution in [3.63, 3.8) is 0 Å². The maximum Gasteiger partial charge on any atom is 0.323 e. The summed E-state index contributed by atoms with van der Waals surface area (Å²) in [4.78, 5) is 14.6. The lowest BCUT2D eigenvalue weighted by atomic mass is 10.2. The van der Waals surface area contributed by atoms with Crippen molar-refractivity contribution in [3.8, 4) is 0 Å². The Bertz CT molecular complexity index is 707. The van der Waals surface area contributed by atoms with Crippen molar-refractivity contribution in [3.05, 3.63) is 35.9 Å². The van der Waals surface area contributed by atoms with Gasteiger partial charge in [-0.15, -0.1) is 0 Å². The summed E-state index contributed by atoms with van der Waals surface area (Å²) in [5.74, 6) is 2.77. The average molecular weight is 346 g/mol. The Morgan fingerprint density at radius 1 is 1.44 bits per heavy atom. The SMILES string of the molecule is COCc1ccc(C2CCCN2C(=O)Nc2ccnn2CC(C)C)o1. The van der Waals surface area contributed by atoms with Crippen molar-refractivity contribution in [2.45, 2.75) is 45.9 Å². The highest BCUT2D eigenvalue weighted by Crippen LogP contribution is 2.33. The van der Waals surface area contributed by atoms with Gasteiger partial charge in [-0.1, -0.05) is 13.8 Å². The van der Waals surface area contributed by atoms with Gasteiger partial charge in [-0.05, 0) is 30.9 Å². The molecule has 1 N–H and O–H groups in total. The van der Waals surface area contributed by atoms with E-state index in [2.05, 4.69) is 24.3 Å². The second-order valence-corrected chi connectivity index (χ2v) is 6.81. The molecule has 1 aliphatic rings. The molecule has 1 saturated heterocycles. The zero-order valence-corrected chi connectivity index (χ0v) is 15.1. The number of ether oxygens (including phenoxy) is 1. The Hall–Kier alpha value is -2.28. The van der Waals surface area contributed by atoms with E-state index in [1.165, 1.54) is 0 Å². The van der Waals surface area contributed by atoms with E-state index in [4.69, 9.17) is 9.15 Å². The van der Waals surface area contributed by atoms with Crippen LogP contribution in [0, 0.1) is 5.92 Å². The summed E-state index contributed by atoms with van der Waals surface area (Å²) >= 11 is 0. The Balaban J connectivity index is 1.69. The highest BCUT2D eigenvalue weighted by molar-refractivity contribution is 5.88. The summed E-state index contributed by atoms with van der Waals surface area (Å²) < 4.78 is 12.8. The van der Waals surface area contributed by atoms with Crippen LogP contribution in [0.3, 0.4) is 0 Å². The number of methoxy groups -OCH3 is 1. The lowest BCUT2D eigenvalue weighted by Gasteiger charge is -2.23. The molecule has 1 atom stereocenters. The minimum atomic E-state index is -0.113. The number of amides is 2. The molecule has 2 amide bonds. The van der Waals surface area contributed by atoms with Crippen molar-refractivity contribution in [1.82, 2.24) is 14.7 Å². The number of nitrogens with one attached hydrogen (secondary N) is 1. The number of nitrogens with zero attached hydrogens (tertiary/aromatic N) is 3. The molecule has 7 nitrogen and oxygen atoms in total. The van der Waals surface area contributed by atoms with Crippen molar-refractivity contribution in [2.75, 3.05) is 19.0 Å². The van der Waals surface area contributed by atoms with Crippen molar-refractivity contribution >= 4 is 11.8 Å². The van der Waals surface area contributed by atoms with Crippen LogP contribution in [0.25, 0.3) is 0 Å². The van der Waals surface area contributed by atoms with E-state index in [0.29, 0.717) is 12.5 Å². The van der Waals surface area contributed by atoms with Gasteiger partial charge in [0.15, 0.2) is 0 Å². The number of carbonyl (C=O) groups is 1. The smallest absolute Gasteiger partial charge is 0.323 e. The van der Waals surface area contributed by atoms with Gasteiger partial charge < -0.3 is 14.1 Å². The fraction of sp³-hybridized carbons (Fsp3) is 0.556. The van der Waals surface area contributed by atoms with Gasteiger partial charge in [0.1, 0.15) is 23.9 Å². The molecule has 0 aromatic carbocycles. The first-order chi connectivity index (χ1) is 12.1. The number of hydrogen-bond acceptors (Lipinski definition) is 4. The fourth-order valence-corrected chi connectivity index (χ4v) is 3.21. The molecule has 1 unspecified atom stereocenters. The zero-order chi connectivity index (χ0) is 17.8. The maximum atomic E-state index is 12.8. The molecule has 25 heavy (non-hydrogen) atoms. The van der Waals surface area contributed by atoms with Crippen molar-refractivity contribution < 1.29 is 13.9 Å². The Kier molecular flexibility index (Phi) is 5.43. The predicted octanol–water partition coefficient (Wildman–Crippen LogP) is 3.65. The first-order valence-electron chi connectivity index (χ1n) is 8.75. The number of aromatic nitrogens is 2. The summed E-state index contributed by atoms with van der Waals surface area (Å²) in [5.41, 5.74) is 0. The molecule has 0 saturated carbocycles. The number of furan rings is 1. The van der Waals surface area contributed by atoms with E-state index in [1.54, 1.807) is 13.3 Å². The van der Waals surface area contributed by atoms with Crippen LogP contribution in [0.1, 0.15) is 44.3 Å². The second kappa shape index (κ2) is 7.74. The highest BCUT2D eigenvalue weighted by Gasteiger charge is 2.32. The number of likely N-dealkylation sites (tertiary alicyclic amines) is 1. The fourth-order valence-electron chi connectivity index (χ4n) is 3.21. The summed E-state index contributed by atoms with van der Waals surface area (Å²) in [6.45, 7) is 6.17. The minimum Gasteiger partial charge on any atom is -0.461 e. The number of carbonyl (C=O) groups excluding carboxylic acids is 1. The second-order valence-electron chi connectivity index (χ2n) is 6.81. The Morgan fingerprint density at radius 2 is 2.28 bits per heavy atom. The van der Waals surface area contributed by atoms with Crippen LogP contribution in [0.15, 0.2) is 28.8 Å². The number of anilines is 1. The van der Waals surface area contributed by atoms with Gasteiger partial charge in [0.05, 0.1) is 12.2 Å². The molecule has 1 aliphatic heterocycles. The average Bonchev–Trinajstić information content (AvgIpc) is 3.28. The van der Waals surface area contributed by atoms with Gasteiger partial charge in [0.2, 0.25) is 0 Å². The van der Waals surface area contributed by atoms with E-state index in [-0.39, 0.29) is 12.1 Å². The summed E-state index contributed by atoms with van der Waals surface area (Å²) in [6, 6.07) is 5.53. The number of urea groups is 1. The van der Waals surface area contributed by atoms with Crippen LogP contribution in [0.5, 0.6) is 0 Å². The molecule has 3 heterocycles. The van der Waals surface area contributed by atoms with E-state index in [0.717, 1.165) is 43.3 Å². The van der Waals surface area contributed by atoms with Crippen LogP contribution in [-0.2, 0) is 17.9 Å². The Labute approximate surface area is 147 Å². The third-order valence-electron chi connectivity index (χ3n) is 4.30. The summed E-state index contributed by atoms with van der Waals surface area (Å²) in [7, 11) is 1.64. The molecule has 2 aromatic heterocycles. The largest absolute Gasteiger partial charge is 0.461 e. The highest BCUT2D eigenvalue weighted by atomic mass is 16.5. The minimum absolute atomic E-state index is 0.0351. The van der Waals surface area contributed by atoms with Crippen LogP contribution >= 0.6 is 0 Å². The number of rotatable bonds is 6. The maximum absolute atomic E-state index is 12.8. The third-order valence-corrected chi connectivity index (χ3v) is 4.30. The van der Waals surface area contributed by atoms with Gasteiger partial charge in [-0.3, -0.25) is 5.32 Å². The van der Waals surface area contributed by atoms with Crippen molar-refractivity contribution in [1.29, 1.82) is 0 Å². The van der Waals surface area contributed by atoms with Crippen molar-refractivity contribution in [2.24, 2.45) is 5.92 Å². The first-order valence-corrected chi connectivity index (χ1v) is 8.75. The monoisotopic (exact) mass is 346 g/mol. The van der Waals surface area contributed by atoms with Crippen LogP contribution in [-0.4, -0.2) is 34.4 Å². The van der Waals surface area contributed by atoms with Crippen LogP contribution < -0.4 is 5.32 Å². The zero-order valence-electron chi connectivity index (χ0n) is 15.1. The molecule has 2 aromatic rings. The lowest BCUT2D eigenvalue weighted by Crippen LogP contribution is -2.35. The molecule has 0 aliphatic carbocycles. The molecular formula is C18H26N4O3. The van der Waals surface area contributed by atoms with E-state index in [1.807, 2.05) is 27.8 Å². The first kappa shape index (κ1) is 17.5. The molecular weight excluding hydrogens is 320 g/mol. The summed E-state index contributed by atoms with van der Waals surface area (Å²) in [5, 5.41) is 7.28. The van der Waals surface area contributed by atoms with Gasteiger partial charge in [0, 0.05) is 26.3 Å². The molecule has 136 valence electrons. The normalized spacial score (nSPS) is 17.4. The van der Waals surface area contributed by atoms with E-state index in [9.17, 15) is 4.79 Å². The topological polar surface area (TPSA) is 72.5 Å². The summed E-state index contributed by atoms with van der Waals surface area (Å²) in [6.07, 6.45) is 3.57. The number of hydrogen-bond donors (Lipinski definition) is 1. The van der Waals surface area contributed by atoms with Gasteiger partial charge in [-0.2, -0.15) is 5.10 Å².